The van der Waals surface area contributed by atoms with E-state index in [2.05, 4.69) is 124 Å². The number of rotatable bonds is 4. The van der Waals surface area contributed by atoms with Gasteiger partial charge in [-0.05, 0) is 0 Å². The van der Waals surface area contributed by atoms with E-state index >= 15 is 0 Å². The van der Waals surface area contributed by atoms with E-state index < -0.39 is 8.07 Å². The summed E-state index contributed by atoms with van der Waals surface area (Å²) in [5.41, 5.74) is 9.33. The van der Waals surface area contributed by atoms with Crippen LogP contribution in [0.25, 0.3) is 0 Å². The molecule has 0 aliphatic heterocycles. The Kier molecular flexibility index (Phi) is 11.3. The van der Waals surface area contributed by atoms with Gasteiger partial charge < -0.3 is 37.2 Å². The Hall–Kier alpha value is -1.13. The maximum Gasteiger partial charge on any atom is -1.00 e. The van der Waals surface area contributed by atoms with Crippen LogP contribution in [0.2, 0.25) is 5.04 Å². The first-order valence-corrected chi connectivity index (χ1v) is 14.8. The summed E-state index contributed by atoms with van der Waals surface area (Å²) in [6.45, 7) is 18.1. The standard InChI is InChI=1S/C31H34FSi.3ClH.Ti/c1-20-13-21(2)16-29(15-20)33(28-11-9-27(32)10-12-28,30-17-22(3)14-23(4)18-30)31(8)19-24(5)25(6)26(31)7;;;;/h9-18H,1-8H3;3*1H;/q;;;;+3/p-3. The monoisotopic (exact) mass is 606 g/mol. The van der Waals surface area contributed by atoms with Gasteiger partial charge in [-0.1, -0.05) is 0 Å². The number of benzene rings is 3. The first-order chi connectivity index (χ1) is 15.9. The number of halogens is 4. The number of hydrogen-bond donors (Lipinski definition) is 0. The molecule has 3 aromatic rings. The number of allylic oxidation sites excluding steroid dienone is 4. The van der Waals surface area contributed by atoms with Crippen LogP contribution in [0.3, 0.4) is 0 Å². The average molecular weight is 608 g/mol. The van der Waals surface area contributed by atoms with E-state index in [9.17, 15) is 4.39 Å². The van der Waals surface area contributed by atoms with Crippen LogP contribution in [-0.2, 0) is 20.4 Å². The molecule has 0 saturated heterocycles. The molecule has 0 aromatic heterocycles. The SMILES string of the molecule is CC1=C(C)C(C)([Si](c2ccc(F)cc2)(c2cc(C)cc(C)c2)c2cc(C)cc(C)c2)[C]([Ti+3])=C1C.[Cl-].[Cl-].[Cl-]. The van der Waals surface area contributed by atoms with Crippen molar-refractivity contribution in [3.63, 3.8) is 0 Å². The summed E-state index contributed by atoms with van der Waals surface area (Å²) in [6, 6.07) is 21.5. The summed E-state index contributed by atoms with van der Waals surface area (Å²) in [6.07, 6.45) is 0. The molecule has 1 aliphatic carbocycles. The molecule has 0 amide bonds. The van der Waals surface area contributed by atoms with Crippen LogP contribution in [-0.4, -0.2) is 8.07 Å². The fourth-order valence-electron chi connectivity index (χ4n) is 6.32. The number of hydrogen-bond acceptors (Lipinski definition) is 0. The Bertz CT molecular complexity index is 1240. The predicted octanol–water partition coefficient (Wildman–Crippen LogP) is -2.53. The van der Waals surface area contributed by atoms with Crippen LogP contribution in [0.5, 0.6) is 0 Å². The van der Waals surface area contributed by atoms with Crippen LogP contribution in [0.4, 0.5) is 4.39 Å². The molecule has 0 heterocycles. The molecule has 6 heteroatoms. The quantitative estimate of drug-likeness (QED) is 0.227. The summed E-state index contributed by atoms with van der Waals surface area (Å²) in [7, 11) is -2.76. The van der Waals surface area contributed by atoms with Gasteiger partial charge in [0.2, 0.25) is 0 Å². The van der Waals surface area contributed by atoms with Gasteiger partial charge in [0.05, 0.1) is 0 Å². The maximum absolute atomic E-state index is 14.3. The Morgan fingerprint density at radius 2 is 0.973 bits per heavy atom. The van der Waals surface area contributed by atoms with Crippen LogP contribution >= 0.6 is 0 Å². The minimum Gasteiger partial charge on any atom is -1.00 e. The molecule has 1 atom stereocenters. The first kappa shape index (κ1) is 33.9. The first-order valence-electron chi connectivity index (χ1n) is 12.0. The second kappa shape index (κ2) is 12.4. The Morgan fingerprint density at radius 3 is 1.30 bits per heavy atom. The van der Waals surface area contributed by atoms with Crippen molar-refractivity contribution in [3.05, 3.63) is 109 Å². The van der Waals surface area contributed by atoms with E-state index in [0.717, 1.165) is 0 Å². The van der Waals surface area contributed by atoms with E-state index in [1.807, 2.05) is 0 Å². The second-order valence-corrected chi connectivity index (χ2v) is 15.4. The zero-order valence-corrected chi connectivity index (χ0v) is 27.6. The van der Waals surface area contributed by atoms with Crippen molar-refractivity contribution in [2.24, 2.45) is 0 Å². The molecule has 1 aliphatic rings. The van der Waals surface area contributed by atoms with E-state index in [0.29, 0.717) is 0 Å². The van der Waals surface area contributed by atoms with Gasteiger partial charge in [-0.3, -0.25) is 0 Å². The van der Waals surface area contributed by atoms with Gasteiger partial charge >= 0.3 is 218 Å². The topological polar surface area (TPSA) is 0 Å². The Labute approximate surface area is 253 Å². The van der Waals surface area contributed by atoms with Gasteiger partial charge in [0.25, 0.3) is 0 Å². The molecule has 0 bridgehead atoms. The summed E-state index contributed by atoms with van der Waals surface area (Å²) in [5.74, 6) is -0.184. The van der Waals surface area contributed by atoms with Crippen LogP contribution in [0.15, 0.2) is 81.3 Å². The molecule has 0 N–H and O–H groups in total. The Morgan fingerprint density at radius 1 is 0.595 bits per heavy atom. The van der Waals surface area contributed by atoms with Gasteiger partial charge in [-0.25, -0.2) is 0 Å². The Balaban J connectivity index is 0.00000228. The molecular weight excluding hydrogens is 574 g/mol. The molecule has 0 spiro atoms. The van der Waals surface area contributed by atoms with E-state index in [4.69, 9.17) is 0 Å². The average Bonchev–Trinajstić information content (AvgIpc) is 2.90. The van der Waals surface area contributed by atoms with Gasteiger partial charge in [0, 0.05) is 0 Å². The fourth-order valence-corrected chi connectivity index (χ4v) is 14.3. The number of aryl methyl sites for hydroxylation is 4. The molecule has 0 nitrogen and oxygen atoms in total. The molecule has 3 aromatic carbocycles. The summed E-state index contributed by atoms with van der Waals surface area (Å²) < 4.78 is 15.7. The van der Waals surface area contributed by atoms with Crippen molar-refractivity contribution in [2.75, 3.05) is 0 Å². The molecule has 1 unspecified atom stereocenters. The van der Waals surface area contributed by atoms with Crippen molar-refractivity contribution in [2.45, 2.75) is 60.4 Å². The second-order valence-electron chi connectivity index (χ2n) is 10.4. The van der Waals surface area contributed by atoms with Crippen molar-refractivity contribution in [3.8, 4) is 0 Å². The van der Waals surface area contributed by atoms with Gasteiger partial charge in [0.15, 0.2) is 0 Å². The predicted molar refractivity (Wildman–Crippen MR) is 142 cm³/mol. The summed E-state index contributed by atoms with van der Waals surface area (Å²) >= 11 is 2.33. The van der Waals surface area contributed by atoms with E-state index in [1.165, 1.54) is 58.4 Å². The van der Waals surface area contributed by atoms with Crippen molar-refractivity contribution in [1.82, 2.24) is 0 Å². The van der Waals surface area contributed by atoms with Crippen molar-refractivity contribution >= 4 is 23.6 Å². The van der Waals surface area contributed by atoms with Crippen LogP contribution < -0.4 is 52.8 Å². The molecule has 37 heavy (non-hydrogen) atoms. The normalized spacial score (nSPS) is 17.3. The molecule has 0 radical (unpaired) electrons. The minimum absolute atomic E-state index is 0. The van der Waals surface area contributed by atoms with E-state index in [1.54, 1.807) is 12.1 Å². The zero-order chi connectivity index (χ0) is 25.0. The fraction of sp³-hybridized carbons (Fsp3) is 0.290. The van der Waals surface area contributed by atoms with Gasteiger partial charge in [-0.15, -0.1) is 0 Å². The smallest absolute Gasteiger partial charge is 1.00 e. The molecule has 4 rings (SSSR count). The maximum atomic E-state index is 14.3. The molecule has 0 fully saturated rings. The molecular formula is C31H34Cl3FSiTi. The third kappa shape index (κ3) is 5.36. The molecule has 194 valence electrons. The van der Waals surface area contributed by atoms with Gasteiger partial charge in [-0.2, -0.15) is 0 Å². The van der Waals surface area contributed by atoms with Crippen LogP contribution in [0.1, 0.15) is 49.9 Å². The van der Waals surface area contributed by atoms with Crippen molar-refractivity contribution in [1.29, 1.82) is 0 Å². The molecule has 0 saturated carbocycles. The van der Waals surface area contributed by atoms with Gasteiger partial charge in [0.1, 0.15) is 0 Å². The third-order valence-corrected chi connectivity index (χ3v) is 15.5. The van der Waals surface area contributed by atoms with Crippen LogP contribution in [0, 0.1) is 33.5 Å². The minimum atomic E-state index is -2.76. The van der Waals surface area contributed by atoms with Crippen molar-refractivity contribution < 1.29 is 62.0 Å². The van der Waals surface area contributed by atoms with E-state index in [-0.39, 0.29) is 48.1 Å². The summed E-state index contributed by atoms with van der Waals surface area (Å²) in [5, 5.41) is 3.86. The third-order valence-electron chi connectivity index (χ3n) is 8.09. The largest absolute Gasteiger partial charge is 1.00 e. The summed E-state index contributed by atoms with van der Waals surface area (Å²) in [4.78, 5) is 0. The zero-order valence-electron chi connectivity index (χ0n) is 22.8.